The molecular formula is C25H34IN3O3. The van der Waals surface area contributed by atoms with Gasteiger partial charge >= 0.3 is 0 Å². The van der Waals surface area contributed by atoms with Gasteiger partial charge in [-0.1, -0.05) is 43.0 Å². The van der Waals surface area contributed by atoms with E-state index in [0.29, 0.717) is 13.2 Å². The molecule has 0 radical (unpaired) electrons. The highest BCUT2D eigenvalue weighted by Gasteiger charge is 2.34. The van der Waals surface area contributed by atoms with Crippen LogP contribution in [0.5, 0.6) is 11.5 Å². The first-order valence-corrected chi connectivity index (χ1v) is 10.7. The van der Waals surface area contributed by atoms with Crippen LogP contribution in [0.15, 0.2) is 66.2 Å². The highest BCUT2D eigenvalue weighted by Crippen LogP contribution is 2.35. The van der Waals surface area contributed by atoms with Gasteiger partial charge in [-0.05, 0) is 36.6 Å². The van der Waals surface area contributed by atoms with Gasteiger partial charge < -0.3 is 24.8 Å². The normalized spacial score (nSPS) is 15.2. The summed E-state index contributed by atoms with van der Waals surface area (Å²) in [5, 5.41) is 6.95. The maximum Gasteiger partial charge on any atom is 0.191 e. The van der Waals surface area contributed by atoms with Gasteiger partial charge in [0.15, 0.2) is 5.96 Å². The number of para-hydroxylation sites is 1. The molecule has 0 aliphatic carbocycles. The minimum Gasteiger partial charge on any atom is -0.497 e. The number of rotatable bonds is 9. The first kappa shape index (κ1) is 26.0. The lowest BCUT2D eigenvalue weighted by molar-refractivity contribution is 0.0513. The van der Waals surface area contributed by atoms with Gasteiger partial charge in [-0.15, -0.1) is 24.0 Å². The summed E-state index contributed by atoms with van der Waals surface area (Å²) < 4.78 is 16.7. The largest absolute Gasteiger partial charge is 0.497 e. The Morgan fingerprint density at radius 1 is 1.12 bits per heavy atom. The molecule has 7 heteroatoms. The number of ether oxygens (including phenoxy) is 3. The molecule has 2 aromatic carbocycles. The van der Waals surface area contributed by atoms with Crippen LogP contribution in [0.2, 0.25) is 0 Å². The molecule has 1 aliphatic heterocycles. The number of nitrogens with one attached hydrogen (secondary N) is 2. The zero-order valence-corrected chi connectivity index (χ0v) is 21.3. The molecule has 0 saturated carbocycles. The molecular weight excluding hydrogens is 517 g/mol. The first-order chi connectivity index (χ1) is 15.2. The Hall–Kier alpha value is -2.26. The Morgan fingerprint density at radius 3 is 2.50 bits per heavy atom. The Balaban J connectivity index is 0.00000363. The minimum atomic E-state index is -0.00683. The number of benzene rings is 2. The zero-order chi connectivity index (χ0) is 21.9. The molecule has 32 heavy (non-hydrogen) atoms. The molecule has 0 atom stereocenters. The molecule has 6 nitrogen and oxygen atoms in total. The van der Waals surface area contributed by atoms with E-state index in [1.807, 2.05) is 30.3 Å². The lowest BCUT2D eigenvalue weighted by Crippen LogP contribution is -2.47. The van der Waals surface area contributed by atoms with Crippen molar-refractivity contribution in [1.29, 1.82) is 0 Å². The van der Waals surface area contributed by atoms with Crippen LogP contribution in [0.25, 0.3) is 0 Å². The lowest BCUT2D eigenvalue weighted by atomic mass is 9.74. The molecule has 3 rings (SSSR count). The van der Waals surface area contributed by atoms with Crippen molar-refractivity contribution in [1.82, 2.24) is 10.6 Å². The number of hydrogen-bond acceptors (Lipinski definition) is 4. The molecule has 0 amide bonds. The maximum atomic E-state index is 5.76. The van der Waals surface area contributed by atoms with E-state index in [2.05, 4.69) is 40.4 Å². The van der Waals surface area contributed by atoms with E-state index < -0.39 is 0 Å². The topological polar surface area (TPSA) is 64.1 Å². The predicted octanol–water partition coefficient (Wildman–Crippen LogP) is 4.29. The third kappa shape index (κ3) is 6.87. The summed E-state index contributed by atoms with van der Waals surface area (Å²) in [5.41, 5.74) is 2.36. The molecule has 1 fully saturated rings. The summed E-state index contributed by atoms with van der Waals surface area (Å²) in [6.07, 6.45) is 3.67. The summed E-state index contributed by atoms with van der Waals surface area (Å²) in [7, 11) is 3.48. The Bertz CT molecular complexity index is 865. The highest BCUT2D eigenvalue weighted by molar-refractivity contribution is 14.0. The molecule has 2 aromatic rings. The lowest BCUT2D eigenvalue weighted by Gasteiger charge is -2.38. The van der Waals surface area contributed by atoms with Crippen molar-refractivity contribution in [3.05, 3.63) is 72.3 Å². The quantitative estimate of drug-likeness (QED) is 0.211. The van der Waals surface area contributed by atoms with Gasteiger partial charge in [-0.2, -0.15) is 0 Å². The summed E-state index contributed by atoms with van der Waals surface area (Å²) in [6, 6.07) is 16.4. The Labute approximate surface area is 208 Å². The van der Waals surface area contributed by atoms with Gasteiger partial charge in [-0.25, -0.2) is 0 Å². The summed E-state index contributed by atoms with van der Waals surface area (Å²) in [4.78, 5) is 4.42. The van der Waals surface area contributed by atoms with E-state index in [1.54, 1.807) is 20.2 Å². The van der Waals surface area contributed by atoms with Crippen LogP contribution in [0, 0.1) is 0 Å². The van der Waals surface area contributed by atoms with Crippen LogP contribution >= 0.6 is 24.0 Å². The molecule has 174 valence electrons. The predicted molar refractivity (Wildman–Crippen MR) is 140 cm³/mol. The van der Waals surface area contributed by atoms with Crippen molar-refractivity contribution in [3.63, 3.8) is 0 Å². The van der Waals surface area contributed by atoms with Crippen molar-refractivity contribution < 1.29 is 14.2 Å². The monoisotopic (exact) mass is 551 g/mol. The summed E-state index contributed by atoms with van der Waals surface area (Å²) >= 11 is 0. The second-order valence-corrected chi connectivity index (χ2v) is 7.61. The van der Waals surface area contributed by atoms with Gasteiger partial charge in [0.05, 0.1) is 7.11 Å². The van der Waals surface area contributed by atoms with Crippen LogP contribution in [-0.4, -0.2) is 46.5 Å². The van der Waals surface area contributed by atoms with Crippen LogP contribution in [0.1, 0.15) is 24.0 Å². The molecule has 0 bridgehead atoms. The molecule has 1 aliphatic rings. The highest BCUT2D eigenvalue weighted by atomic mass is 127. The van der Waals surface area contributed by atoms with Gasteiger partial charge in [-0.3, -0.25) is 4.99 Å². The molecule has 1 saturated heterocycles. The summed E-state index contributed by atoms with van der Waals surface area (Å²) in [6.45, 7) is 7.11. The number of nitrogens with zero attached hydrogens (tertiary/aromatic N) is 1. The van der Waals surface area contributed by atoms with Crippen molar-refractivity contribution >= 4 is 29.9 Å². The number of halogens is 1. The van der Waals surface area contributed by atoms with Gasteiger partial charge in [0.25, 0.3) is 0 Å². The molecule has 0 aromatic heterocycles. The number of guanidine groups is 1. The summed E-state index contributed by atoms with van der Waals surface area (Å²) in [5.74, 6) is 2.48. The average molecular weight is 551 g/mol. The van der Waals surface area contributed by atoms with Crippen molar-refractivity contribution in [2.75, 3.05) is 40.5 Å². The molecule has 0 spiro atoms. The Morgan fingerprint density at radius 2 is 1.84 bits per heavy atom. The fraction of sp³-hybridized carbons (Fsp3) is 0.400. The van der Waals surface area contributed by atoms with Crippen LogP contribution in [-0.2, 0) is 16.7 Å². The van der Waals surface area contributed by atoms with E-state index >= 15 is 0 Å². The Kier molecular flexibility index (Phi) is 10.8. The van der Waals surface area contributed by atoms with Gasteiger partial charge in [0, 0.05) is 44.3 Å². The van der Waals surface area contributed by atoms with E-state index in [-0.39, 0.29) is 29.4 Å². The van der Waals surface area contributed by atoms with Crippen molar-refractivity contribution in [2.24, 2.45) is 4.99 Å². The molecule has 1 heterocycles. The number of hydrogen-bond donors (Lipinski definition) is 2. The first-order valence-electron chi connectivity index (χ1n) is 10.7. The van der Waals surface area contributed by atoms with Crippen LogP contribution in [0.3, 0.4) is 0 Å². The molecule has 2 N–H and O–H groups in total. The standard InChI is InChI=1S/C25H33N3O3.HI/c1-4-15-31-23-8-6-5-7-20(23)18-27-24(26-2)28-19-25(13-16-30-17-14-25)21-9-11-22(29-3)12-10-21;/h4-12H,1,13-19H2,2-3H3,(H2,26,27,28);1H. The zero-order valence-electron chi connectivity index (χ0n) is 18.9. The fourth-order valence-electron chi connectivity index (χ4n) is 3.87. The molecule has 0 unspecified atom stereocenters. The number of aliphatic imine (C=N–C) groups is 1. The van der Waals surface area contributed by atoms with E-state index in [0.717, 1.165) is 55.6 Å². The van der Waals surface area contributed by atoms with Crippen molar-refractivity contribution in [2.45, 2.75) is 24.8 Å². The smallest absolute Gasteiger partial charge is 0.191 e. The SMILES string of the molecule is C=CCOc1ccccc1CNC(=NC)NCC1(c2ccc(OC)cc2)CCOCC1.I. The third-order valence-corrected chi connectivity index (χ3v) is 5.75. The second kappa shape index (κ2) is 13.3. The average Bonchev–Trinajstić information content (AvgIpc) is 2.84. The van der Waals surface area contributed by atoms with E-state index in [9.17, 15) is 0 Å². The third-order valence-electron chi connectivity index (χ3n) is 5.75. The van der Waals surface area contributed by atoms with Crippen molar-refractivity contribution in [3.8, 4) is 11.5 Å². The second-order valence-electron chi connectivity index (χ2n) is 7.61. The minimum absolute atomic E-state index is 0. The van der Waals surface area contributed by atoms with Crippen LogP contribution in [0.4, 0.5) is 0 Å². The van der Waals surface area contributed by atoms with E-state index in [4.69, 9.17) is 14.2 Å². The van der Waals surface area contributed by atoms with Gasteiger partial charge in [0.2, 0.25) is 0 Å². The van der Waals surface area contributed by atoms with Gasteiger partial charge in [0.1, 0.15) is 18.1 Å². The maximum absolute atomic E-state index is 5.76. The number of methoxy groups -OCH3 is 1. The van der Waals surface area contributed by atoms with E-state index in [1.165, 1.54) is 5.56 Å². The fourth-order valence-corrected chi connectivity index (χ4v) is 3.87. The van der Waals surface area contributed by atoms with Crippen LogP contribution < -0.4 is 20.1 Å².